The lowest BCUT2D eigenvalue weighted by Gasteiger charge is -2.26. The fourth-order valence-corrected chi connectivity index (χ4v) is 3.92. The first-order valence-electron chi connectivity index (χ1n) is 11.0. The topological polar surface area (TPSA) is 82.4 Å². The van der Waals surface area contributed by atoms with Gasteiger partial charge < -0.3 is 14.4 Å². The average molecular weight is 430 g/mol. The number of aromatic nitrogens is 4. The van der Waals surface area contributed by atoms with Crippen LogP contribution in [0, 0.1) is 12.3 Å². The molecule has 2 heterocycles. The van der Waals surface area contributed by atoms with Crippen molar-refractivity contribution in [2.45, 2.75) is 72.5 Å². The molecule has 0 saturated heterocycles. The number of nitrogens with zero attached hydrogens (tertiary/aromatic N) is 5. The highest BCUT2D eigenvalue weighted by atomic mass is 16.6. The van der Waals surface area contributed by atoms with Crippen LogP contribution in [0.5, 0.6) is 5.75 Å². The van der Waals surface area contributed by atoms with E-state index in [2.05, 4.69) is 31.1 Å². The maximum Gasteiger partial charge on any atom is 0.409 e. The van der Waals surface area contributed by atoms with Crippen LogP contribution in [0.3, 0.4) is 0 Å². The summed E-state index contributed by atoms with van der Waals surface area (Å²) < 4.78 is 13.3. The van der Waals surface area contributed by atoms with Gasteiger partial charge in [0.1, 0.15) is 23.7 Å². The quantitative estimate of drug-likeness (QED) is 0.672. The van der Waals surface area contributed by atoms with Gasteiger partial charge >= 0.3 is 6.09 Å². The second-order valence-electron chi connectivity index (χ2n) is 9.64. The van der Waals surface area contributed by atoms with E-state index >= 15 is 0 Å². The van der Waals surface area contributed by atoms with Crippen molar-refractivity contribution in [2.24, 2.45) is 12.5 Å². The first kappa shape index (κ1) is 23.0. The minimum absolute atomic E-state index is 0.00406. The molecule has 1 amide bonds. The van der Waals surface area contributed by atoms with Crippen molar-refractivity contribution in [3.8, 4) is 17.1 Å². The number of rotatable bonds is 6. The zero-order valence-electron chi connectivity index (χ0n) is 19.6. The molecule has 8 nitrogen and oxygen atoms in total. The summed E-state index contributed by atoms with van der Waals surface area (Å²) in [5.41, 5.74) is 2.82. The van der Waals surface area contributed by atoms with Gasteiger partial charge in [-0.05, 0) is 50.2 Å². The summed E-state index contributed by atoms with van der Waals surface area (Å²) in [7, 11) is 3.53. The van der Waals surface area contributed by atoms with Crippen molar-refractivity contribution in [3.63, 3.8) is 0 Å². The average Bonchev–Trinajstić information content (AvgIpc) is 3.07. The predicted octanol–water partition coefficient (Wildman–Crippen LogP) is 4.51. The minimum atomic E-state index is -0.373. The molecule has 8 heteroatoms. The summed E-state index contributed by atoms with van der Waals surface area (Å²) in [5, 5.41) is 8.37. The number of hydrogen-bond acceptors (Lipinski definition) is 6. The Labute approximate surface area is 184 Å². The Hall–Kier alpha value is -2.64. The van der Waals surface area contributed by atoms with Crippen LogP contribution in [0.4, 0.5) is 4.79 Å². The highest BCUT2D eigenvalue weighted by Crippen LogP contribution is 2.28. The summed E-state index contributed by atoms with van der Waals surface area (Å²) in [6.07, 6.45) is 5.85. The Kier molecular flexibility index (Phi) is 7.18. The van der Waals surface area contributed by atoms with E-state index in [-0.39, 0.29) is 24.2 Å². The molecular formula is C23H35N5O3. The largest absolute Gasteiger partial charge is 0.489 e. The molecule has 0 aromatic carbocycles. The molecule has 1 saturated carbocycles. The highest BCUT2D eigenvalue weighted by Gasteiger charge is 2.22. The number of carbonyl (C=O) groups excluding carboxylic acids is 1. The predicted molar refractivity (Wildman–Crippen MR) is 119 cm³/mol. The molecule has 170 valence electrons. The van der Waals surface area contributed by atoms with Crippen molar-refractivity contribution in [1.29, 1.82) is 0 Å². The Balaban J connectivity index is 1.70. The second-order valence-corrected chi connectivity index (χ2v) is 9.64. The summed E-state index contributed by atoms with van der Waals surface area (Å²) in [4.78, 5) is 18.7. The zero-order valence-corrected chi connectivity index (χ0v) is 19.6. The van der Waals surface area contributed by atoms with Crippen LogP contribution in [-0.2, 0) is 18.4 Å². The molecule has 2 aromatic rings. The fourth-order valence-electron chi connectivity index (χ4n) is 3.92. The van der Waals surface area contributed by atoms with Crippen LogP contribution in [-0.4, -0.2) is 50.7 Å². The molecule has 0 bridgehead atoms. The van der Waals surface area contributed by atoms with Gasteiger partial charge in [-0.1, -0.05) is 32.4 Å². The minimum Gasteiger partial charge on any atom is -0.489 e. The van der Waals surface area contributed by atoms with Gasteiger partial charge in [-0.3, -0.25) is 0 Å². The number of ether oxygens (including phenoxy) is 2. The van der Waals surface area contributed by atoms with E-state index in [0.29, 0.717) is 23.6 Å². The van der Waals surface area contributed by atoms with Gasteiger partial charge in [0.15, 0.2) is 0 Å². The SMILES string of the molecule is Cc1nc(-c2nnn(C)c2COC(=O)N(C)CC(C)(C)C)ccc1OC1CCCCC1. The molecule has 0 unspecified atom stereocenters. The Bertz CT molecular complexity index is 897. The van der Waals surface area contributed by atoms with Crippen LogP contribution in [0.15, 0.2) is 12.1 Å². The van der Waals surface area contributed by atoms with E-state index in [1.165, 1.54) is 19.3 Å². The van der Waals surface area contributed by atoms with E-state index in [1.54, 1.807) is 23.7 Å². The lowest BCUT2D eigenvalue weighted by molar-refractivity contribution is 0.0917. The van der Waals surface area contributed by atoms with Crippen molar-refractivity contribution >= 4 is 6.09 Å². The number of carbonyl (C=O) groups is 1. The molecule has 0 atom stereocenters. The summed E-state index contributed by atoms with van der Waals surface area (Å²) >= 11 is 0. The van der Waals surface area contributed by atoms with Gasteiger partial charge in [0.2, 0.25) is 0 Å². The van der Waals surface area contributed by atoms with E-state index < -0.39 is 0 Å². The van der Waals surface area contributed by atoms with Gasteiger partial charge in [0.25, 0.3) is 0 Å². The Morgan fingerprint density at radius 1 is 1.23 bits per heavy atom. The fraction of sp³-hybridized carbons (Fsp3) is 0.652. The first-order valence-corrected chi connectivity index (χ1v) is 11.0. The Morgan fingerprint density at radius 3 is 2.58 bits per heavy atom. The molecule has 0 radical (unpaired) electrons. The lowest BCUT2D eigenvalue weighted by atomic mass is 9.96. The van der Waals surface area contributed by atoms with Crippen LogP contribution in [0.2, 0.25) is 0 Å². The molecular weight excluding hydrogens is 394 g/mol. The molecule has 1 aliphatic rings. The monoisotopic (exact) mass is 429 g/mol. The molecule has 2 aromatic heterocycles. The van der Waals surface area contributed by atoms with E-state index in [4.69, 9.17) is 14.5 Å². The van der Waals surface area contributed by atoms with Crippen molar-refractivity contribution < 1.29 is 14.3 Å². The third-order valence-corrected chi connectivity index (χ3v) is 5.42. The third-order valence-electron chi connectivity index (χ3n) is 5.42. The summed E-state index contributed by atoms with van der Waals surface area (Å²) in [5.74, 6) is 0.816. The van der Waals surface area contributed by atoms with Crippen molar-refractivity contribution in [2.75, 3.05) is 13.6 Å². The van der Waals surface area contributed by atoms with Crippen LogP contribution >= 0.6 is 0 Å². The maximum absolute atomic E-state index is 12.4. The maximum atomic E-state index is 12.4. The first-order chi connectivity index (χ1) is 14.6. The lowest BCUT2D eigenvalue weighted by Crippen LogP contribution is -2.34. The summed E-state index contributed by atoms with van der Waals surface area (Å²) in [6.45, 7) is 8.86. The van der Waals surface area contributed by atoms with Crippen LogP contribution in [0.1, 0.15) is 64.3 Å². The van der Waals surface area contributed by atoms with Crippen LogP contribution in [0.25, 0.3) is 11.4 Å². The van der Waals surface area contributed by atoms with E-state index in [1.807, 2.05) is 19.1 Å². The van der Waals surface area contributed by atoms with E-state index in [0.717, 1.165) is 24.3 Å². The molecule has 0 aliphatic heterocycles. The molecule has 31 heavy (non-hydrogen) atoms. The van der Waals surface area contributed by atoms with Gasteiger partial charge in [0.05, 0.1) is 17.5 Å². The summed E-state index contributed by atoms with van der Waals surface area (Å²) in [6, 6.07) is 3.85. The number of aryl methyl sites for hydroxylation is 2. The van der Waals surface area contributed by atoms with Crippen molar-refractivity contribution in [3.05, 3.63) is 23.5 Å². The molecule has 0 spiro atoms. The number of pyridine rings is 1. The molecule has 1 aliphatic carbocycles. The third kappa shape index (κ3) is 6.18. The number of hydrogen-bond donors (Lipinski definition) is 0. The molecule has 3 rings (SSSR count). The number of amides is 1. The van der Waals surface area contributed by atoms with Gasteiger partial charge in [0, 0.05) is 20.6 Å². The normalized spacial score (nSPS) is 15.0. The van der Waals surface area contributed by atoms with Crippen molar-refractivity contribution in [1.82, 2.24) is 24.9 Å². The van der Waals surface area contributed by atoms with Crippen LogP contribution < -0.4 is 4.74 Å². The smallest absolute Gasteiger partial charge is 0.409 e. The zero-order chi connectivity index (χ0) is 22.6. The molecule has 0 N–H and O–H groups in total. The van der Waals surface area contributed by atoms with Gasteiger partial charge in [-0.2, -0.15) is 0 Å². The van der Waals surface area contributed by atoms with Gasteiger partial charge in [-0.15, -0.1) is 5.10 Å². The highest BCUT2D eigenvalue weighted by molar-refractivity contribution is 5.67. The Morgan fingerprint density at radius 2 is 1.94 bits per heavy atom. The molecule has 1 fully saturated rings. The second kappa shape index (κ2) is 9.66. The van der Waals surface area contributed by atoms with Gasteiger partial charge in [-0.25, -0.2) is 14.5 Å². The van der Waals surface area contributed by atoms with E-state index in [9.17, 15) is 4.79 Å². The standard InChI is InChI=1S/C23H35N5O3/c1-16-20(31-17-10-8-7-9-11-17)13-12-18(24-16)21-19(28(6)26-25-21)14-30-22(29)27(5)15-23(2,3)4/h12-13,17H,7-11,14-15H2,1-6H3.